The Labute approximate surface area is 233 Å². The number of para-hydroxylation sites is 4. The van der Waals surface area contributed by atoms with E-state index in [1.807, 2.05) is 80.6 Å². The van der Waals surface area contributed by atoms with Crippen LogP contribution in [0.25, 0.3) is 0 Å². The van der Waals surface area contributed by atoms with Gasteiger partial charge in [0.2, 0.25) is 17.8 Å². The summed E-state index contributed by atoms with van der Waals surface area (Å²) in [7, 11) is 0. The fraction of sp³-hybridized carbons (Fsp3) is 0.276. The highest BCUT2D eigenvalue weighted by atomic mass is 35.5. The molecule has 2 N–H and O–H groups in total. The third-order valence-electron chi connectivity index (χ3n) is 6.23. The van der Waals surface area contributed by atoms with Crippen LogP contribution in [0.2, 0.25) is 5.02 Å². The molecule has 0 spiro atoms. The maximum absolute atomic E-state index is 6.22. The first-order valence-corrected chi connectivity index (χ1v) is 13.5. The minimum absolute atomic E-state index is 0.417. The van der Waals surface area contributed by atoms with E-state index in [0.717, 1.165) is 59.8 Å². The first-order valence-electron chi connectivity index (χ1n) is 13.1. The number of hydrogen-bond acceptors (Lipinski definition) is 9. The second-order valence-electron chi connectivity index (χ2n) is 8.84. The molecule has 1 fully saturated rings. The zero-order valence-corrected chi connectivity index (χ0v) is 22.9. The number of piperazine rings is 1. The van der Waals surface area contributed by atoms with Crippen LogP contribution in [0.4, 0.5) is 34.9 Å². The molecule has 39 heavy (non-hydrogen) atoms. The van der Waals surface area contributed by atoms with Crippen molar-refractivity contribution < 1.29 is 9.47 Å². The van der Waals surface area contributed by atoms with Crippen LogP contribution in [-0.4, -0.2) is 54.3 Å². The second-order valence-corrected chi connectivity index (χ2v) is 9.28. The van der Waals surface area contributed by atoms with Crippen LogP contribution in [0.3, 0.4) is 0 Å². The lowest BCUT2D eigenvalue weighted by atomic mass is 10.2. The highest BCUT2D eigenvalue weighted by Crippen LogP contribution is 2.30. The monoisotopic (exact) mass is 545 g/mol. The quantitative estimate of drug-likeness (QED) is 0.244. The molecule has 9 nitrogen and oxygen atoms in total. The highest BCUT2D eigenvalue weighted by molar-refractivity contribution is 6.30. The van der Waals surface area contributed by atoms with Crippen molar-refractivity contribution >= 4 is 46.5 Å². The van der Waals surface area contributed by atoms with Crippen LogP contribution in [0, 0.1) is 0 Å². The number of nitrogens with zero attached hydrogens (tertiary/aromatic N) is 5. The number of halogens is 1. The van der Waals surface area contributed by atoms with Crippen LogP contribution in [0.15, 0.2) is 72.8 Å². The van der Waals surface area contributed by atoms with E-state index in [1.165, 1.54) is 0 Å². The Balaban J connectivity index is 1.42. The van der Waals surface area contributed by atoms with E-state index in [1.54, 1.807) is 0 Å². The minimum Gasteiger partial charge on any atom is -0.492 e. The van der Waals surface area contributed by atoms with Gasteiger partial charge in [-0.25, -0.2) is 0 Å². The van der Waals surface area contributed by atoms with E-state index in [2.05, 4.69) is 31.5 Å². The Morgan fingerprint density at radius 1 is 0.692 bits per heavy atom. The molecule has 0 radical (unpaired) electrons. The zero-order chi connectivity index (χ0) is 27.0. The summed E-state index contributed by atoms with van der Waals surface area (Å²) in [6.07, 6.45) is 0. The number of anilines is 6. The van der Waals surface area contributed by atoms with E-state index in [9.17, 15) is 0 Å². The first kappa shape index (κ1) is 26.4. The van der Waals surface area contributed by atoms with Gasteiger partial charge in [0.05, 0.1) is 24.6 Å². The van der Waals surface area contributed by atoms with Gasteiger partial charge in [-0.05, 0) is 56.3 Å². The minimum atomic E-state index is 0.417. The van der Waals surface area contributed by atoms with Crippen molar-refractivity contribution in [3.05, 3.63) is 77.8 Å². The Hall–Kier alpha value is -4.24. The van der Waals surface area contributed by atoms with Gasteiger partial charge in [-0.15, -0.1) is 0 Å². The lowest BCUT2D eigenvalue weighted by molar-refractivity contribution is 0.342. The molecular weight excluding hydrogens is 514 g/mol. The van der Waals surface area contributed by atoms with Crippen molar-refractivity contribution in [3.8, 4) is 11.5 Å². The van der Waals surface area contributed by atoms with E-state index in [-0.39, 0.29) is 0 Å². The summed E-state index contributed by atoms with van der Waals surface area (Å²) in [6.45, 7) is 8.16. The number of hydrogen-bond donors (Lipinski definition) is 2. The Morgan fingerprint density at radius 3 is 1.77 bits per heavy atom. The SMILES string of the molecule is CCOc1ccccc1Nc1nc(Nc2ccccc2OCC)nc(N2CCN(c3cccc(Cl)c3)CC2)n1. The third kappa shape index (κ3) is 6.61. The Morgan fingerprint density at radius 2 is 1.23 bits per heavy atom. The molecule has 0 unspecified atom stereocenters. The molecule has 5 rings (SSSR count). The Bertz CT molecular complexity index is 1330. The third-order valence-corrected chi connectivity index (χ3v) is 6.46. The number of benzene rings is 3. The van der Waals surface area contributed by atoms with Crippen LogP contribution < -0.4 is 29.9 Å². The molecule has 202 valence electrons. The predicted molar refractivity (Wildman–Crippen MR) is 157 cm³/mol. The summed E-state index contributed by atoms with van der Waals surface area (Å²) in [5.74, 6) is 2.88. The van der Waals surface area contributed by atoms with Gasteiger partial charge >= 0.3 is 0 Å². The number of nitrogens with one attached hydrogen (secondary N) is 2. The van der Waals surface area contributed by atoms with Crippen LogP contribution >= 0.6 is 11.6 Å². The average Bonchev–Trinajstić information content (AvgIpc) is 2.95. The molecule has 0 atom stereocenters. The van der Waals surface area contributed by atoms with Crippen molar-refractivity contribution in [2.45, 2.75) is 13.8 Å². The van der Waals surface area contributed by atoms with Gasteiger partial charge < -0.3 is 29.9 Å². The van der Waals surface area contributed by atoms with E-state index < -0.39 is 0 Å². The van der Waals surface area contributed by atoms with Crippen molar-refractivity contribution in [2.75, 3.05) is 59.8 Å². The number of aromatic nitrogens is 3. The molecule has 3 aromatic carbocycles. The summed E-state index contributed by atoms with van der Waals surface area (Å²) >= 11 is 6.22. The van der Waals surface area contributed by atoms with Crippen molar-refractivity contribution in [1.82, 2.24) is 15.0 Å². The molecule has 0 saturated carbocycles. The average molecular weight is 546 g/mol. The topological polar surface area (TPSA) is 87.7 Å². The zero-order valence-electron chi connectivity index (χ0n) is 22.1. The van der Waals surface area contributed by atoms with Gasteiger partial charge in [-0.2, -0.15) is 15.0 Å². The molecule has 4 aromatic rings. The smallest absolute Gasteiger partial charge is 0.233 e. The molecule has 0 aliphatic carbocycles. The van der Waals surface area contributed by atoms with Gasteiger partial charge in [-0.1, -0.05) is 41.9 Å². The summed E-state index contributed by atoms with van der Waals surface area (Å²) in [5, 5.41) is 7.40. The Kier molecular flexibility index (Phi) is 8.48. The van der Waals surface area contributed by atoms with E-state index in [4.69, 9.17) is 31.0 Å². The largest absolute Gasteiger partial charge is 0.492 e. The van der Waals surface area contributed by atoms with Crippen LogP contribution in [0.1, 0.15) is 13.8 Å². The van der Waals surface area contributed by atoms with Crippen molar-refractivity contribution in [1.29, 1.82) is 0 Å². The molecule has 1 saturated heterocycles. The maximum atomic E-state index is 6.22. The van der Waals surface area contributed by atoms with E-state index >= 15 is 0 Å². The predicted octanol–water partition coefficient (Wildman–Crippen LogP) is 6.14. The maximum Gasteiger partial charge on any atom is 0.233 e. The number of rotatable bonds is 10. The molecule has 0 bridgehead atoms. The molecule has 2 heterocycles. The molecule has 10 heteroatoms. The van der Waals surface area contributed by atoms with Crippen molar-refractivity contribution in [3.63, 3.8) is 0 Å². The summed E-state index contributed by atoms with van der Waals surface area (Å²) in [4.78, 5) is 18.8. The summed E-state index contributed by atoms with van der Waals surface area (Å²) < 4.78 is 11.6. The van der Waals surface area contributed by atoms with Gasteiger partial charge in [-0.3, -0.25) is 0 Å². The molecule has 0 amide bonds. The van der Waals surface area contributed by atoms with Gasteiger partial charge in [0, 0.05) is 36.9 Å². The molecule has 1 aromatic heterocycles. The normalized spacial score (nSPS) is 13.2. The number of ether oxygens (including phenoxy) is 2. The lowest BCUT2D eigenvalue weighted by Crippen LogP contribution is -2.47. The highest BCUT2D eigenvalue weighted by Gasteiger charge is 2.22. The molecular formula is C29H32ClN7O2. The van der Waals surface area contributed by atoms with E-state index in [0.29, 0.717) is 31.1 Å². The summed E-state index contributed by atoms with van der Waals surface area (Å²) in [5.41, 5.74) is 2.67. The standard InChI is InChI=1S/C29H32ClN7O2/c1-3-38-25-14-7-5-12-23(25)31-27-33-28(32-24-13-6-8-15-26(24)39-4-2)35-29(34-27)37-18-16-36(17-19-37)22-11-9-10-21(30)20-22/h5-15,20H,3-4,16-19H2,1-2H3,(H2,31,32,33,34,35). The fourth-order valence-corrected chi connectivity index (χ4v) is 4.58. The van der Waals surface area contributed by atoms with Crippen LogP contribution in [0.5, 0.6) is 11.5 Å². The first-order chi connectivity index (χ1) is 19.1. The van der Waals surface area contributed by atoms with Crippen LogP contribution in [-0.2, 0) is 0 Å². The molecule has 1 aliphatic heterocycles. The lowest BCUT2D eigenvalue weighted by Gasteiger charge is -2.36. The summed E-state index contributed by atoms with van der Waals surface area (Å²) in [6, 6.07) is 23.4. The van der Waals surface area contributed by atoms with Gasteiger partial charge in [0.15, 0.2) is 0 Å². The van der Waals surface area contributed by atoms with Crippen molar-refractivity contribution in [2.24, 2.45) is 0 Å². The van der Waals surface area contributed by atoms with Gasteiger partial charge in [0.25, 0.3) is 0 Å². The fourth-order valence-electron chi connectivity index (χ4n) is 4.40. The second kappa shape index (κ2) is 12.5. The van der Waals surface area contributed by atoms with Gasteiger partial charge in [0.1, 0.15) is 11.5 Å². The molecule has 1 aliphatic rings.